The van der Waals surface area contributed by atoms with E-state index in [1.165, 1.54) is 0 Å². The average Bonchev–Trinajstić information content (AvgIpc) is 2.65. The molecule has 0 fully saturated rings. The number of hydrogen-bond acceptors (Lipinski definition) is 4. The van der Waals surface area contributed by atoms with Crippen LogP contribution < -0.4 is 10.5 Å². The maximum absolute atomic E-state index is 9.59. The van der Waals surface area contributed by atoms with Crippen molar-refractivity contribution in [2.24, 2.45) is 0 Å². The molecule has 4 heteroatoms. The van der Waals surface area contributed by atoms with Gasteiger partial charge in [-0.2, -0.15) is 5.26 Å². The lowest BCUT2D eigenvalue weighted by molar-refractivity contribution is 0.340. The number of nitrogens with two attached hydrogens (primary N) is 1. The van der Waals surface area contributed by atoms with Gasteiger partial charge >= 0.3 is 0 Å². The fraction of sp³-hybridized carbons (Fsp3) is 0.143. The fourth-order valence-electron chi connectivity index (χ4n) is 2.93. The van der Waals surface area contributed by atoms with Gasteiger partial charge in [0.2, 0.25) is 0 Å². The fourth-order valence-corrected chi connectivity index (χ4v) is 2.93. The van der Waals surface area contributed by atoms with Crippen LogP contribution in [0, 0.1) is 18.3 Å². The van der Waals surface area contributed by atoms with Crippen molar-refractivity contribution in [2.75, 3.05) is 12.3 Å². The molecule has 2 aromatic carbocycles. The second kappa shape index (κ2) is 7.06. The molecule has 0 unspecified atom stereocenters. The molecule has 0 radical (unpaired) electrons. The summed E-state index contributed by atoms with van der Waals surface area (Å²) in [4.78, 5) is 4.48. The normalized spacial score (nSPS) is 10.3. The highest BCUT2D eigenvalue weighted by Crippen LogP contribution is 2.36. The Labute approximate surface area is 147 Å². The number of aromatic nitrogens is 1. The van der Waals surface area contributed by atoms with Crippen LogP contribution in [0.15, 0.2) is 54.6 Å². The molecule has 0 amide bonds. The molecule has 0 atom stereocenters. The molecule has 124 valence electrons. The van der Waals surface area contributed by atoms with Crippen molar-refractivity contribution >= 4 is 5.82 Å². The third-order valence-electron chi connectivity index (χ3n) is 4.08. The van der Waals surface area contributed by atoms with Gasteiger partial charge in [0, 0.05) is 11.1 Å². The van der Waals surface area contributed by atoms with Crippen molar-refractivity contribution < 1.29 is 4.74 Å². The van der Waals surface area contributed by atoms with E-state index in [4.69, 9.17) is 10.5 Å². The van der Waals surface area contributed by atoms with Crippen molar-refractivity contribution in [3.05, 3.63) is 65.7 Å². The summed E-state index contributed by atoms with van der Waals surface area (Å²) in [6.45, 7) is 4.53. The smallest absolute Gasteiger partial charge is 0.142 e. The summed E-state index contributed by atoms with van der Waals surface area (Å²) < 4.78 is 5.50. The van der Waals surface area contributed by atoms with Gasteiger partial charge in [-0.15, -0.1) is 0 Å². The first-order valence-electron chi connectivity index (χ1n) is 8.14. The Morgan fingerprint density at radius 3 is 2.32 bits per heavy atom. The number of benzene rings is 2. The Kier molecular flexibility index (Phi) is 4.67. The van der Waals surface area contributed by atoms with Crippen LogP contribution in [-0.2, 0) is 0 Å². The standard InChI is InChI=1S/C21H19N3O/c1-3-25-17-11-9-15(10-12-17)19-14(2)20(16-7-5-4-6-8-16)24-21(23)18(19)13-22/h4-12H,3H2,1-2H3,(H2,23,24). The van der Waals surface area contributed by atoms with Gasteiger partial charge in [0.1, 0.15) is 23.2 Å². The van der Waals surface area contributed by atoms with E-state index in [0.29, 0.717) is 12.2 Å². The number of anilines is 1. The van der Waals surface area contributed by atoms with E-state index in [1.54, 1.807) is 0 Å². The SMILES string of the molecule is CCOc1ccc(-c2c(C)c(-c3ccccc3)nc(N)c2C#N)cc1. The van der Waals surface area contributed by atoms with Gasteiger partial charge in [0.15, 0.2) is 0 Å². The molecule has 1 heterocycles. The number of nitrogen functional groups attached to an aromatic ring is 1. The maximum atomic E-state index is 9.59. The van der Waals surface area contributed by atoms with Gasteiger partial charge in [0.05, 0.1) is 12.3 Å². The summed E-state index contributed by atoms with van der Waals surface area (Å²) in [5.74, 6) is 1.04. The van der Waals surface area contributed by atoms with Gasteiger partial charge in [-0.3, -0.25) is 0 Å². The summed E-state index contributed by atoms with van der Waals surface area (Å²) >= 11 is 0. The molecule has 4 nitrogen and oxygen atoms in total. The third kappa shape index (κ3) is 3.17. The lowest BCUT2D eigenvalue weighted by atomic mass is 9.93. The Bertz CT molecular complexity index is 926. The zero-order valence-corrected chi connectivity index (χ0v) is 14.3. The van der Waals surface area contributed by atoms with Crippen molar-refractivity contribution in [2.45, 2.75) is 13.8 Å². The molecule has 0 bridgehead atoms. The van der Waals surface area contributed by atoms with Crippen molar-refractivity contribution in [1.82, 2.24) is 4.98 Å². The van der Waals surface area contributed by atoms with Crippen LogP contribution in [0.25, 0.3) is 22.4 Å². The molecule has 3 aromatic rings. The number of nitriles is 1. The predicted octanol–water partition coefficient (Wildman–Crippen LogP) is 4.58. The highest BCUT2D eigenvalue weighted by atomic mass is 16.5. The molecule has 0 aliphatic heterocycles. The molecule has 0 saturated heterocycles. The van der Waals surface area contributed by atoms with Crippen molar-refractivity contribution in [3.63, 3.8) is 0 Å². The minimum Gasteiger partial charge on any atom is -0.494 e. The van der Waals surface area contributed by atoms with Gasteiger partial charge in [-0.05, 0) is 37.1 Å². The van der Waals surface area contributed by atoms with Gasteiger partial charge in [0.25, 0.3) is 0 Å². The molecular formula is C21H19N3O. The zero-order chi connectivity index (χ0) is 17.8. The maximum Gasteiger partial charge on any atom is 0.142 e. The highest BCUT2D eigenvalue weighted by Gasteiger charge is 2.18. The monoisotopic (exact) mass is 329 g/mol. The van der Waals surface area contributed by atoms with E-state index in [1.807, 2.05) is 68.4 Å². The number of pyridine rings is 1. The Morgan fingerprint density at radius 1 is 1.04 bits per heavy atom. The molecule has 1 aromatic heterocycles. The van der Waals surface area contributed by atoms with Crippen LogP contribution in [0.5, 0.6) is 5.75 Å². The van der Waals surface area contributed by atoms with Crippen LogP contribution in [0.2, 0.25) is 0 Å². The molecular weight excluding hydrogens is 310 g/mol. The van der Waals surface area contributed by atoms with Gasteiger partial charge in [-0.1, -0.05) is 42.5 Å². The van der Waals surface area contributed by atoms with Gasteiger partial charge < -0.3 is 10.5 Å². The van der Waals surface area contributed by atoms with E-state index >= 15 is 0 Å². The molecule has 25 heavy (non-hydrogen) atoms. The van der Waals surface area contributed by atoms with E-state index in [-0.39, 0.29) is 5.82 Å². The van der Waals surface area contributed by atoms with E-state index in [9.17, 15) is 5.26 Å². The Hall–Kier alpha value is -3.32. The van der Waals surface area contributed by atoms with Crippen LogP contribution in [0.4, 0.5) is 5.82 Å². The second-order valence-electron chi connectivity index (χ2n) is 5.66. The van der Waals surface area contributed by atoms with Crippen molar-refractivity contribution in [1.29, 1.82) is 5.26 Å². The first kappa shape index (κ1) is 16.5. The quantitative estimate of drug-likeness (QED) is 0.760. The minimum atomic E-state index is 0.246. The first-order valence-corrected chi connectivity index (χ1v) is 8.14. The lowest BCUT2D eigenvalue weighted by Crippen LogP contribution is -2.03. The highest BCUT2D eigenvalue weighted by molar-refractivity contribution is 5.84. The van der Waals surface area contributed by atoms with Crippen molar-refractivity contribution in [3.8, 4) is 34.2 Å². The first-order chi connectivity index (χ1) is 12.2. The predicted molar refractivity (Wildman–Crippen MR) is 100 cm³/mol. The number of hydrogen-bond donors (Lipinski definition) is 1. The number of nitrogens with zero attached hydrogens (tertiary/aromatic N) is 2. The zero-order valence-electron chi connectivity index (χ0n) is 14.3. The second-order valence-corrected chi connectivity index (χ2v) is 5.66. The van der Waals surface area contributed by atoms with Crippen LogP contribution in [0.1, 0.15) is 18.1 Å². The summed E-state index contributed by atoms with van der Waals surface area (Å²) in [7, 11) is 0. The summed E-state index contributed by atoms with van der Waals surface area (Å²) in [6.07, 6.45) is 0. The van der Waals surface area contributed by atoms with Crippen LogP contribution in [-0.4, -0.2) is 11.6 Å². The van der Waals surface area contributed by atoms with E-state index in [0.717, 1.165) is 33.7 Å². The van der Waals surface area contributed by atoms with Gasteiger partial charge in [-0.25, -0.2) is 4.98 Å². The summed E-state index contributed by atoms with van der Waals surface area (Å²) in [5, 5.41) is 9.59. The largest absolute Gasteiger partial charge is 0.494 e. The third-order valence-corrected chi connectivity index (χ3v) is 4.08. The molecule has 0 aliphatic rings. The Balaban J connectivity index is 2.21. The van der Waals surface area contributed by atoms with E-state index < -0.39 is 0 Å². The molecule has 2 N–H and O–H groups in total. The number of rotatable bonds is 4. The molecule has 3 rings (SSSR count). The van der Waals surface area contributed by atoms with E-state index in [2.05, 4.69) is 11.1 Å². The summed E-state index contributed by atoms with van der Waals surface area (Å²) in [5.41, 5.74) is 10.9. The molecule has 0 saturated carbocycles. The topological polar surface area (TPSA) is 71.9 Å². The molecule has 0 spiro atoms. The summed E-state index contributed by atoms with van der Waals surface area (Å²) in [6, 6.07) is 19.8. The van der Waals surface area contributed by atoms with Crippen LogP contribution in [0.3, 0.4) is 0 Å². The Morgan fingerprint density at radius 2 is 1.72 bits per heavy atom. The lowest BCUT2D eigenvalue weighted by Gasteiger charge is -2.15. The molecule has 0 aliphatic carbocycles. The van der Waals surface area contributed by atoms with Crippen LogP contribution >= 0.6 is 0 Å². The minimum absolute atomic E-state index is 0.246. The average molecular weight is 329 g/mol. The number of ether oxygens (including phenoxy) is 1.